The molecule has 2 aliphatic heterocycles. The molecule has 0 fully saturated rings. The van der Waals surface area contributed by atoms with Crippen molar-refractivity contribution in [2.75, 3.05) is 34.5 Å². The molecule has 2 aromatic rings. The number of benzene rings is 2. The Bertz CT molecular complexity index is 1200. The van der Waals surface area contributed by atoms with E-state index in [4.69, 9.17) is 14.2 Å². The molecule has 5 heteroatoms. The van der Waals surface area contributed by atoms with Gasteiger partial charge in [0, 0.05) is 12.0 Å². The van der Waals surface area contributed by atoms with Crippen LogP contribution in [0.3, 0.4) is 0 Å². The van der Waals surface area contributed by atoms with Gasteiger partial charge < -0.3 is 18.7 Å². The molecular formula is C30H40NO4+. The monoisotopic (exact) mass is 478 g/mol. The summed E-state index contributed by atoms with van der Waals surface area (Å²) in [6.45, 7) is 12.5. The number of carbonyl (C=O) groups is 1. The van der Waals surface area contributed by atoms with Crippen LogP contribution in [0.4, 0.5) is 0 Å². The van der Waals surface area contributed by atoms with Gasteiger partial charge in [0.15, 0.2) is 17.3 Å². The van der Waals surface area contributed by atoms with E-state index >= 15 is 0 Å². The van der Waals surface area contributed by atoms with Crippen molar-refractivity contribution in [2.45, 2.75) is 77.2 Å². The highest BCUT2D eigenvalue weighted by Crippen LogP contribution is 2.52. The van der Waals surface area contributed by atoms with Gasteiger partial charge in [-0.1, -0.05) is 40.7 Å². The molecule has 5 nitrogen and oxygen atoms in total. The van der Waals surface area contributed by atoms with Crippen molar-refractivity contribution < 1.29 is 23.5 Å². The van der Waals surface area contributed by atoms with E-state index in [1.165, 1.54) is 22.3 Å². The maximum absolute atomic E-state index is 14.2. The van der Waals surface area contributed by atoms with Crippen molar-refractivity contribution in [1.82, 2.24) is 0 Å². The molecule has 2 heterocycles. The lowest BCUT2D eigenvalue weighted by atomic mass is 9.78. The minimum Gasteiger partial charge on any atom is -0.492 e. The number of hydrogen-bond donors (Lipinski definition) is 0. The fraction of sp³-hybridized carbons (Fsp3) is 0.567. The zero-order chi connectivity index (χ0) is 25.3. The molecule has 1 aliphatic carbocycles. The fourth-order valence-electron chi connectivity index (χ4n) is 6.20. The summed E-state index contributed by atoms with van der Waals surface area (Å²) in [4.78, 5) is 14.2. The molecule has 0 saturated heterocycles. The first-order valence-corrected chi connectivity index (χ1v) is 12.9. The summed E-state index contributed by atoms with van der Waals surface area (Å²) >= 11 is 0. The Morgan fingerprint density at radius 2 is 1.89 bits per heavy atom. The highest BCUT2D eigenvalue weighted by atomic mass is 16.7. The summed E-state index contributed by atoms with van der Waals surface area (Å²) in [7, 11) is 6.14. The largest absolute Gasteiger partial charge is 0.492 e. The third kappa shape index (κ3) is 3.92. The summed E-state index contributed by atoms with van der Waals surface area (Å²) < 4.78 is 18.1. The van der Waals surface area contributed by atoms with Crippen LogP contribution in [0.2, 0.25) is 0 Å². The van der Waals surface area contributed by atoms with Crippen LogP contribution < -0.4 is 14.2 Å². The van der Waals surface area contributed by atoms with E-state index in [-0.39, 0.29) is 29.4 Å². The van der Waals surface area contributed by atoms with Gasteiger partial charge in [-0.3, -0.25) is 4.79 Å². The third-order valence-electron chi connectivity index (χ3n) is 8.61. The highest BCUT2D eigenvalue weighted by Gasteiger charge is 2.43. The second-order valence-corrected chi connectivity index (χ2v) is 12.8. The molecule has 0 saturated carbocycles. The second-order valence-electron chi connectivity index (χ2n) is 12.8. The maximum atomic E-state index is 14.2. The van der Waals surface area contributed by atoms with Crippen LogP contribution in [-0.2, 0) is 23.7 Å². The molecule has 0 aromatic heterocycles. The van der Waals surface area contributed by atoms with Gasteiger partial charge in [0.2, 0.25) is 12.5 Å². The number of Topliss-reactive ketones (excluding diaryl/α,β-unsaturated/α-hetero) is 1. The van der Waals surface area contributed by atoms with Crippen LogP contribution >= 0.6 is 0 Å². The zero-order valence-corrected chi connectivity index (χ0v) is 22.6. The summed E-state index contributed by atoms with van der Waals surface area (Å²) in [5.41, 5.74) is 7.16. The summed E-state index contributed by atoms with van der Waals surface area (Å²) in [5, 5.41) is 0. The molecular weight excluding hydrogens is 438 g/mol. The van der Waals surface area contributed by atoms with Crippen LogP contribution in [0.5, 0.6) is 17.2 Å². The molecule has 0 unspecified atom stereocenters. The predicted octanol–water partition coefficient (Wildman–Crippen LogP) is 5.89. The van der Waals surface area contributed by atoms with Crippen molar-refractivity contribution in [2.24, 2.45) is 0 Å². The first kappa shape index (κ1) is 24.2. The minimum atomic E-state index is -0.0172. The van der Waals surface area contributed by atoms with Gasteiger partial charge in [0.25, 0.3) is 0 Å². The van der Waals surface area contributed by atoms with E-state index in [0.717, 1.165) is 52.9 Å². The van der Waals surface area contributed by atoms with Gasteiger partial charge in [-0.15, -0.1) is 0 Å². The Balaban J connectivity index is 1.61. The number of likely N-dealkylation sites (N-methyl/N-ethyl adjacent to an activating group) is 1. The topological polar surface area (TPSA) is 44.8 Å². The summed E-state index contributed by atoms with van der Waals surface area (Å²) in [6, 6.07) is 6.62. The van der Waals surface area contributed by atoms with Gasteiger partial charge in [0.1, 0.15) is 6.04 Å². The van der Waals surface area contributed by atoms with Crippen LogP contribution in [-0.4, -0.2) is 44.8 Å². The van der Waals surface area contributed by atoms with Crippen molar-refractivity contribution >= 4 is 5.78 Å². The van der Waals surface area contributed by atoms with E-state index in [1.807, 2.05) is 0 Å². The van der Waals surface area contributed by atoms with Crippen molar-refractivity contribution in [1.29, 1.82) is 0 Å². The molecule has 0 N–H and O–H groups in total. The van der Waals surface area contributed by atoms with Crippen LogP contribution in [0.15, 0.2) is 18.2 Å². The Labute approximate surface area is 210 Å². The zero-order valence-electron chi connectivity index (χ0n) is 22.6. The summed E-state index contributed by atoms with van der Waals surface area (Å²) in [6.07, 6.45) is 3.41. The first-order chi connectivity index (χ1) is 16.3. The second kappa shape index (κ2) is 7.99. The molecule has 0 amide bonds. The lowest BCUT2D eigenvalue weighted by Gasteiger charge is -2.43. The fourth-order valence-corrected chi connectivity index (χ4v) is 6.20. The molecule has 2 aromatic carbocycles. The molecule has 3 aliphatic rings. The number of fused-ring (bicyclic) bond motifs is 3. The molecule has 35 heavy (non-hydrogen) atoms. The lowest BCUT2D eigenvalue weighted by molar-refractivity contribution is -0.922. The quantitative estimate of drug-likeness (QED) is 0.406. The van der Waals surface area contributed by atoms with Crippen molar-refractivity contribution in [3.05, 3.63) is 51.6 Å². The van der Waals surface area contributed by atoms with Crippen molar-refractivity contribution in [3.63, 3.8) is 0 Å². The van der Waals surface area contributed by atoms with Crippen molar-refractivity contribution in [3.8, 4) is 17.2 Å². The van der Waals surface area contributed by atoms with Gasteiger partial charge in [-0.05, 0) is 58.1 Å². The highest BCUT2D eigenvalue weighted by molar-refractivity contribution is 5.99. The predicted molar refractivity (Wildman–Crippen MR) is 138 cm³/mol. The standard InChI is InChI=1S/C30H40NO4/c1-29(2,3)19-14-21(20-9-11-30(4,5)22(20)15-19)24(32)16-23-26-18(10-12-31(23,6)7)13-25-27(28(26)33-8)35-17-34-25/h13-15,23H,9-12,16-17H2,1-8H3/q+1/t23-/m0/s1. The van der Waals surface area contributed by atoms with Gasteiger partial charge in [-0.2, -0.15) is 0 Å². The average molecular weight is 479 g/mol. The average Bonchev–Trinajstić information content (AvgIpc) is 3.37. The van der Waals surface area contributed by atoms with E-state index < -0.39 is 0 Å². The molecule has 5 rings (SSSR count). The molecule has 0 radical (unpaired) electrons. The van der Waals surface area contributed by atoms with Crippen LogP contribution in [0.25, 0.3) is 0 Å². The SMILES string of the molecule is COc1c2c(cc3c1[C@H](CC(=O)c1cc(C(C)(C)C)cc4c1CCC4(C)C)[N+](C)(C)CC3)OCO2. The molecule has 188 valence electrons. The van der Waals surface area contributed by atoms with E-state index in [9.17, 15) is 4.79 Å². The van der Waals surface area contributed by atoms with Crippen LogP contribution in [0, 0.1) is 0 Å². The third-order valence-corrected chi connectivity index (χ3v) is 8.61. The number of nitrogens with zero attached hydrogens (tertiary/aromatic N) is 1. The first-order valence-electron chi connectivity index (χ1n) is 12.9. The number of rotatable bonds is 4. The Morgan fingerprint density at radius 1 is 1.14 bits per heavy atom. The maximum Gasteiger partial charge on any atom is 0.231 e. The smallest absolute Gasteiger partial charge is 0.231 e. The molecule has 1 atom stereocenters. The Hall–Kier alpha value is -2.53. The minimum absolute atomic E-state index is 0.0148. The Kier molecular flexibility index (Phi) is 5.52. The molecule has 0 bridgehead atoms. The van der Waals surface area contributed by atoms with Gasteiger partial charge >= 0.3 is 0 Å². The number of methoxy groups -OCH3 is 1. The number of carbonyl (C=O) groups excluding carboxylic acids is 1. The number of ether oxygens (including phenoxy) is 3. The molecule has 0 spiro atoms. The lowest BCUT2D eigenvalue weighted by Crippen LogP contribution is -2.48. The van der Waals surface area contributed by atoms with E-state index in [0.29, 0.717) is 12.2 Å². The van der Waals surface area contributed by atoms with E-state index in [1.54, 1.807) is 7.11 Å². The van der Waals surface area contributed by atoms with Gasteiger partial charge in [-0.25, -0.2) is 0 Å². The van der Waals surface area contributed by atoms with Crippen LogP contribution in [0.1, 0.15) is 91.7 Å². The number of hydrogen-bond acceptors (Lipinski definition) is 4. The summed E-state index contributed by atoms with van der Waals surface area (Å²) in [5.74, 6) is 2.38. The van der Waals surface area contributed by atoms with E-state index in [2.05, 4.69) is 66.9 Å². The number of quaternary nitrogens is 1. The number of ketones is 1. The normalized spacial score (nSPS) is 21.4. The van der Waals surface area contributed by atoms with Gasteiger partial charge in [0.05, 0.1) is 39.7 Å². The Morgan fingerprint density at radius 3 is 2.57 bits per heavy atom.